The molecule has 0 aliphatic carbocycles. The van der Waals surface area contributed by atoms with Crippen LogP contribution >= 0.6 is 11.8 Å². The van der Waals surface area contributed by atoms with E-state index in [1.54, 1.807) is 4.72 Å². The zero-order valence-electron chi connectivity index (χ0n) is 22.6. The van der Waals surface area contributed by atoms with Crippen LogP contribution in [0.5, 0.6) is 6.01 Å². The van der Waals surface area contributed by atoms with E-state index in [-0.39, 0.29) is 11.2 Å². The molecule has 220 valence electrons. The number of benzene rings is 2. The largest absolute Gasteiger partial charge is 0.467 e. The van der Waals surface area contributed by atoms with Crippen LogP contribution in [-0.2, 0) is 15.8 Å². The van der Waals surface area contributed by atoms with Gasteiger partial charge in [0.15, 0.2) is 11.5 Å². The molecule has 0 unspecified atom stereocenters. The third-order valence-corrected chi connectivity index (χ3v) is 7.45. The van der Waals surface area contributed by atoms with Gasteiger partial charge in [0, 0.05) is 18.8 Å². The molecule has 4 aromatic rings. The molecule has 0 bridgehead atoms. The number of fused-ring (bicyclic) bond motifs is 1. The predicted molar refractivity (Wildman–Crippen MR) is 150 cm³/mol. The van der Waals surface area contributed by atoms with E-state index < -0.39 is 44.0 Å². The van der Waals surface area contributed by atoms with Crippen molar-refractivity contribution in [2.75, 3.05) is 24.9 Å². The number of carbonyl (C=O) groups is 1. The normalized spacial score (nSPS) is 11.1. The number of aromatic nitrogens is 4. The summed E-state index contributed by atoms with van der Waals surface area (Å²) in [4.78, 5) is 21.0. The molecular formula is C26H29F3N6O4S2. The maximum atomic E-state index is 13.7. The molecule has 1 N–H and O–H groups in total. The zero-order valence-corrected chi connectivity index (χ0v) is 24.2. The summed E-state index contributed by atoms with van der Waals surface area (Å²) < 4.78 is 72.5. The summed E-state index contributed by atoms with van der Waals surface area (Å²) in [7, 11) is -3.37. The highest BCUT2D eigenvalue weighted by Crippen LogP contribution is 2.22. The average molecular weight is 611 g/mol. The number of carbonyl (C=O) groups excluding carboxylic acids is 1. The lowest BCUT2D eigenvalue weighted by atomic mass is 10.2. The van der Waals surface area contributed by atoms with E-state index in [0.717, 1.165) is 56.1 Å². The van der Waals surface area contributed by atoms with Gasteiger partial charge in [-0.1, -0.05) is 62.0 Å². The fourth-order valence-electron chi connectivity index (χ4n) is 3.48. The van der Waals surface area contributed by atoms with Crippen LogP contribution < -0.4 is 9.46 Å². The maximum Gasteiger partial charge on any atom is 0.319 e. The number of hydrogen-bond donors (Lipinski definition) is 1. The number of ether oxygens (including phenoxy) is 1. The summed E-state index contributed by atoms with van der Waals surface area (Å²) >= 11 is 1.40. The molecule has 0 fully saturated rings. The standard InChI is InChI=1S/C14H21NOS.C12H8F3N5O3S/c1-3-10-15(11-4-2)14(16)17-12-13-8-6-5-7-9-13;1-23-12-16-5-8(15)10-17-11(18-20(10)12)24(21,22)19-9-6(13)3-2-4-7(9)14/h5-9H,3-4,10-12H2,1-2H3;2-5,19H,1H3. The van der Waals surface area contributed by atoms with Crippen molar-refractivity contribution in [1.29, 1.82) is 0 Å². The molecule has 2 heterocycles. The van der Waals surface area contributed by atoms with Gasteiger partial charge in [0.05, 0.1) is 13.3 Å². The van der Waals surface area contributed by atoms with Gasteiger partial charge < -0.3 is 9.64 Å². The molecular weight excluding hydrogens is 581 g/mol. The Morgan fingerprint density at radius 1 is 1.00 bits per heavy atom. The third kappa shape index (κ3) is 8.33. The average Bonchev–Trinajstić information content (AvgIpc) is 3.43. The number of nitrogens with one attached hydrogen (secondary N) is 1. The second kappa shape index (κ2) is 14.7. The topological polar surface area (TPSA) is 119 Å². The van der Waals surface area contributed by atoms with Gasteiger partial charge in [-0.3, -0.25) is 9.52 Å². The summed E-state index contributed by atoms with van der Waals surface area (Å²) in [5.74, 6) is -2.45. The predicted octanol–water partition coefficient (Wildman–Crippen LogP) is 5.51. The number of methoxy groups -OCH3 is 1. The summed E-state index contributed by atoms with van der Waals surface area (Å²) in [5, 5.41) is 2.85. The zero-order chi connectivity index (χ0) is 30.0. The Labute approximate surface area is 240 Å². The smallest absolute Gasteiger partial charge is 0.319 e. The molecule has 41 heavy (non-hydrogen) atoms. The molecule has 0 saturated heterocycles. The highest BCUT2D eigenvalue weighted by Gasteiger charge is 2.26. The molecule has 15 heteroatoms. The first kappa shape index (κ1) is 31.7. The van der Waals surface area contributed by atoms with Gasteiger partial charge in [-0.2, -0.15) is 17.9 Å². The SMILES string of the molecule is CCCN(CCC)C(=O)SCc1ccccc1.COc1ncc(F)c2nc(S(=O)(=O)Nc3c(F)cccc3F)nn12. The van der Waals surface area contributed by atoms with E-state index in [1.807, 2.05) is 23.1 Å². The van der Waals surface area contributed by atoms with Crippen molar-refractivity contribution in [2.45, 2.75) is 37.6 Å². The van der Waals surface area contributed by atoms with E-state index in [4.69, 9.17) is 4.74 Å². The van der Waals surface area contributed by atoms with Gasteiger partial charge in [0.25, 0.3) is 20.4 Å². The Morgan fingerprint density at radius 2 is 1.63 bits per heavy atom. The van der Waals surface area contributed by atoms with Crippen molar-refractivity contribution in [3.8, 4) is 6.01 Å². The maximum absolute atomic E-state index is 13.7. The number of para-hydroxylation sites is 1. The highest BCUT2D eigenvalue weighted by molar-refractivity contribution is 8.12. The second-order valence-corrected chi connectivity index (χ2v) is 11.0. The molecule has 0 radical (unpaired) electrons. The van der Waals surface area contributed by atoms with Crippen molar-refractivity contribution in [3.63, 3.8) is 0 Å². The van der Waals surface area contributed by atoms with Crippen LogP contribution in [0.2, 0.25) is 0 Å². The van der Waals surface area contributed by atoms with Crippen molar-refractivity contribution in [3.05, 3.63) is 77.7 Å². The van der Waals surface area contributed by atoms with Crippen molar-refractivity contribution < 1.29 is 31.1 Å². The molecule has 2 aromatic carbocycles. The van der Waals surface area contributed by atoms with Crippen molar-refractivity contribution >= 4 is 38.4 Å². The van der Waals surface area contributed by atoms with Gasteiger partial charge in [-0.25, -0.2) is 18.2 Å². The van der Waals surface area contributed by atoms with E-state index in [1.165, 1.54) is 24.4 Å². The molecule has 0 atom stereocenters. The van der Waals surface area contributed by atoms with Crippen LogP contribution in [-0.4, -0.2) is 58.3 Å². The number of amides is 1. The van der Waals surface area contributed by atoms with Crippen LogP contribution in [0, 0.1) is 17.5 Å². The van der Waals surface area contributed by atoms with Gasteiger partial charge in [0.1, 0.15) is 17.3 Å². The monoisotopic (exact) mass is 610 g/mol. The first-order chi connectivity index (χ1) is 19.6. The highest BCUT2D eigenvalue weighted by atomic mass is 32.2. The number of halogens is 3. The van der Waals surface area contributed by atoms with Crippen molar-refractivity contribution in [1.82, 2.24) is 24.5 Å². The fraction of sp³-hybridized carbons (Fsp3) is 0.308. The van der Waals surface area contributed by atoms with Crippen molar-refractivity contribution in [2.24, 2.45) is 0 Å². The molecule has 4 rings (SSSR count). The summed E-state index contributed by atoms with van der Waals surface area (Å²) in [6.45, 7) is 5.96. The molecule has 10 nitrogen and oxygen atoms in total. The number of hydrogen-bond acceptors (Lipinski definition) is 8. The Kier molecular flexibility index (Phi) is 11.3. The minimum atomic E-state index is -4.58. The van der Waals surface area contributed by atoms with Crippen LogP contribution in [0.15, 0.2) is 59.9 Å². The van der Waals surface area contributed by atoms with E-state index >= 15 is 0 Å². The van der Waals surface area contributed by atoms with Gasteiger partial charge in [-0.15, -0.1) is 5.10 Å². The van der Waals surface area contributed by atoms with Gasteiger partial charge >= 0.3 is 6.01 Å². The van der Waals surface area contributed by atoms with E-state index in [2.05, 4.69) is 41.0 Å². The number of anilines is 1. The molecule has 0 saturated carbocycles. The lowest BCUT2D eigenvalue weighted by Gasteiger charge is -2.20. The minimum absolute atomic E-state index is 0.206. The minimum Gasteiger partial charge on any atom is -0.467 e. The lowest BCUT2D eigenvalue weighted by molar-refractivity contribution is 0.223. The first-order valence-corrected chi connectivity index (χ1v) is 15.0. The number of thioether (sulfide) groups is 1. The fourth-order valence-corrected chi connectivity index (χ4v) is 5.28. The summed E-state index contributed by atoms with van der Waals surface area (Å²) in [6.07, 6.45) is 2.82. The quantitative estimate of drug-likeness (QED) is 0.250. The third-order valence-electron chi connectivity index (χ3n) is 5.34. The second-order valence-electron chi connectivity index (χ2n) is 8.45. The molecule has 2 aromatic heterocycles. The van der Waals surface area contributed by atoms with E-state index in [9.17, 15) is 26.4 Å². The summed E-state index contributed by atoms with van der Waals surface area (Å²) in [5.41, 5.74) is -0.169. The Bertz CT molecular complexity index is 1550. The number of nitrogens with zero attached hydrogens (tertiary/aromatic N) is 5. The lowest BCUT2D eigenvalue weighted by Crippen LogP contribution is -2.29. The Hall–Kier alpha value is -3.85. The van der Waals surface area contributed by atoms with Crippen LogP contribution in [0.3, 0.4) is 0 Å². The van der Waals surface area contributed by atoms with E-state index in [0.29, 0.717) is 4.52 Å². The number of rotatable bonds is 10. The van der Waals surface area contributed by atoms with Gasteiger partial charge in [0.2, 0.25) is 0 Å². The Balaban J connectivity index is 0.000000241. The summed E-state index contributed by atoms with van der Waals surface area (Å²) in [6, 6.07) is 12.7. The first-order valence-electron chi connectivity index (χ1n) is 12.5. The van der Waals surface area contributed by atoms with Crippen LogP contribution in [0.25, 0.3) is 5.65 Å². The molecule has 1 amide bonds. The Morgan fingerprint density at radius 3 is 2.22 bits per heavy atom. The van der Waals surface area contributed by atoms with Gasteiger partial charge in [-0.05, 0) is 30.5 Å². The number of sulfonamides is 1. The molecule has 0 spiro atoms. The van der Waals surface area contributed by atoms with Crippen LogP contribution in [0.4, 0.5) is 23.7 Å². The van der Waals surface area contributed by atoms with Crippen LogP contribution in [0.1, 0.15) is 32.3 Å². The molecule has 0 aliphatic rings. The molecule has 0 aliphatic heterocycles.